The van der Waals surface area contributed by atoms with E-state index in [1.807, 2.05) is 6.08 Å². The van der Waals surface area contributed by atoms with Crippen LogP contribution in [0.1, 0.15) is 19.3 Å². The number of ether oxygens (including phenoxy) is 1. The second-order valence-corrected chi connectivity index (χ2v) is 4.16. The van der Waals surface area contributed by atoms with Gasteiger partial charge in [0.05, 0.1) is 19.8 Å². The molecule has 2 N–H and O–H groups in total. The van der Waals surface area contributed by atoms with Gasteiger partial charge in [-0.1, -0.05) is 6.42 Å². The van der Waals surface area contributed by atoms with Gasteiger partial charge in [-0.3, -0.25) is 0 Å². The van der Waals surface area contributed by atoms with Gasteiger partial charge in [-0.25, -0.2) is 5.48 Å². The van der Waals surface area contributed by atoms with Crippen LogP contribution in [0.3, 0.4) is 0 Å². The number of likely N-dealkylation sites (tertiary alicyclic amines) is 1. The summed E-state index contributed by atoms with van der Waals surface area (Å²) in [5, 5.41) is 8.46. The Kier molecular flexibility index (Phi) is 9.24. The van der Waals surface area contributed by atoms with Gasteiger partial charge < -0.3 is 19.6 Å². The Morgan fingerprint density at radius 2 is 2.00 bits per heavy atom. The minimum atomic E-state index is 0.139. The fraction of sp³-hybridized carbons (Fsp3) is 0.692. The summed E-state index contributed by atoms with van der Waals surface area (Å²) in [7, 11) is 0. The largest absolute Gasteiger partial charge is 0.394 e. The monoisotopic (exact) mass is 256 g/mol. The molecule has 0 saturated carbocycles. The summed E-state index contributed by atoms with van der Waals surface area (Å²) in [5.41, 5.74) is 2.52. The standard InChI is InChI=1S/C9H19NO2.C4H5NO/c11-7-9-12-8-6-10-4-2-1-3-5-10;1-2-4-6-5-3-1/h11H,1-9H2;1-5H. The molecular weight excluding hydrogens is 232 g/mol. The number of piperidine rings is 1. The van der Waals surface area contributed by atoms with E-state index in [4.69, 9.17) is 9.84 Å². The minimum Gasteiger partial charge on any atom is -0.394 e. The second kappa shape index (κ2) is 11.1. The number of nitrogens with one attached hydrogen (secondary N) is 1. The van der Waals surface area contributed by atoms with Crippen molar-refractivity contribution in [3.8, 4) is 0 Å². The number of hydroxylamine groups is 1. The fourth-order valence-electron chi connectivity index (χ4n) is 1.80. The van der Waals surface area contributed by atoms with Crippen molar-refractivity contribution >= 4 is 0 Å². The molecule has 2 aliphatic rings. The van der Waals surface area contributed by atoms with Crippen LogP contribution in [0.2, 0.25) is 0 Å². The summed E-state index contributed by atoms with van der Waals surface area (Å²) in [6, 6.07) is 0. The molecule has 0 aliphatic carbocycles. The van der Waals surface area contributed by atoms with E-state index in [0.717, 1.165) is 13.2 Å². The molecule has 0 atom stereocenters. The van der Waals surface area contributed by atoms with Crippen LogP contribution < -0.4 is 5.48 Å². The van der Waals surface area contributed by atoms with Gasteiger partial charge >= 0.3 is 0 Å². The van der Waals surface area contributed by atoms with E-state index < -0.39 is 0 Å². The summed E-state index contributed by atoms with van der Waals surface area (Å²) in [6.07, 6.45) is 11.0. The van der Waals surface area contributed by atoms with Crippen LogP contribution in [0, 0.1) is 0 Å². The Bertz CT molecular complexity index is 226. The normalized spacial score (nSPS) is 18.5. The van der Waals surface area contributed by atoms with Crippen LogP contribution >= 0.6 is 0 Å². The maximum atomic E-state index is 8.46. The van der Waals surface area contributed by atoms with Gasteiger partial charge in [0, 0.05) is 12.7 Å². The molecule has 0 bridgehead atoms. The Labute approximate surface area is 109 Å². The summed E-state index contributed by atoms with van der Waals surface area (Å²) in [6.45, 7) is 4.86. The van der Waals surface area contributed by atoms with Crippen molar-refractivity contribution in [2.45, 2.75) is 19.3 Å². The van der Waals surface area contributed by atoms with Gasteiger partial charge in [0.25, 0.3) is 0 Å². The smallest absolute Gasteiger partial charge is 0.119 e. The third-order valence-corrected chi connectivity index (χ3v) is 2.73. The van der Waals surface area contributed by atoms with Gasteiger partial charge in [0.1, 0.15) is 6.26 Å². The molecule has 0 spiro atoms. The summed E-state index contributed by atoms with van der Waals surface area (Å²) in [4.78, 5) is 6.98. The first-order valence-corrected chi connectivity index (χ1v) is 6.57. The van der Waals surface area contributed by atoms with Crippen molar-refractivity contribution in [3.63, 3.8) is 0 Å². The summed E-state index contributed by atoms with van der Waals surface area (Å²) in [5.74, 6) is 0. The van der Waals surface area contributed by atoms with Crippen molar-refractivity contribution < 1.29 is 14.7 Å². The lowest BCUT2D eigenvalue weighted by molar-refractivity contribution is 0.0695. The predicted octanol–water partition coefficient (Wildman–Crippen LogP) is 1.03. The van der Waals surface area contributed by atoms with E-state index in [1.54, 1.807) is 18.5 Å². The minimum absolute atomic E-state index is 0.139. The SMILES string of the molecule is C1=CNOC=C1.OCCOCCN1CCCCC1. The Balaban J connectivity index is 0.000000225. The molecule has 0 aromatic carbocycles. The van der Waals surface area contributed by atoms with E-state index in [2.05, 4.69) is 15.2 Å². The number of aliphatic hydroxyl groups excluding tert-OH is 1. The van der Waals surface area contributed by atoms with Crippen molar-refractivity contribution in [1.82, 2.24) is 10.4 Å². The zero-order chi connectivity index (χ0) is 12.9. The zero-order valence-corrected chi connectivity index (χ0v) is 10.9. The molecule has 0 amide bonds. The topological polar surface area (TPSA) is 54.0 Å². The molecule has 0 aromatic heterocycles. The van der Waals surface area contributed by atoms with Gasteiger partial charge in [-0.15, -0.1) is 0 Å². The molecule has 18 heavy (non-hydrogen) atoms. The van der Waals surface area contributed by atoms with Crippen LogP contribution in [0.5, 0.6) is 0 Å². The zero-order valence-electron chi connectivity index (χ0n) is 10.9. The molecule has 5 heteroatoms. The number of nitrogens with zero attached hydrogens (tertiary/aromatic N) is 1. The molecule has 2 rings (SSSR count). The summed E-state index contributed by atoms with van der Waals surface area (Å²) < 4.78 is 5.19. The third kappa shape index (κ3) is 8.11. The highest BCUT2D eigenvalue weighted by Gasteiger charge is 2.08. The third-order valence-electron chi connectivity index (χ3n) is 2.73. The highest BCUT2D eigenvalue weighted by molar-refractivity contribution is 5.00. The van der Waals surface area contributed by atoms with Crippen LogP contribution in [-0.2, 0) is 9.57 Å². The van der Waals surface area contributed by atoms with E-state index in [0.29, 0.717) is 6.61 Å². The number of aliphatic hydroxyl groups is 1. The van der Waals surface area contributed by atoms with Crippen LogP contribution in [0.25, 0.3) is 0 Å². The van der Waals surface area contributed by atoms with E-state index in [9.17, 15) is 0 Å². The van der Waals surface area contributed by atoms with Crippen molar-refractivity contribution in [2.75, 3.05) is 39.5 Å². The van der Waals surface area contributed by atoms with E-state index >= 15 is 0 Å². The molecule has 2 aliphatic heterocycles. The lowest BCUT2D eigenvalue weighted by Gasteiger charge is -2.25. The molecular formula is C13H24N2O3. The first-order valence-electron chi connectivity index (χ1n) is 6.57. The molecule has 1 fully saturated rings. The first kappa shape index (κ1) is 15.0. The van der Waals surface area contributed by atoms with Crippen molar-refractivity contribution in [3.05, 3.63) is 24.6 Å². The molecule has 0 unspecified atom stereocenters. The number of rotatable bonds is 5. The van der Waals surface area contributed by atoms with Crippen molar-refractivity contribution in [2.24, 2.45) is 0 Å². The van der Waals surface area contributed by atoms with Crippen LogP contribution in [0.4, 0.5) is 0 Å². The van der Waals surface area contributed by atoms with Gasteiger partial charge in [0.2, 0.25) is 0 Å². The highest BCUT2D eigenvalue weighted by atomic mass is 16.6. The average molecular weight is 256 g/mol. The Hall–Kier alpha value is -1.04. The fourth-order valence-corrected chi connectivity index (χ4v) is 1.80. The molecule has 104 valence electrons. The van der Waals surface area contributed by atoms with Gasteiger partial charge in [-0.2, -0.15) is 0 Å². The summed E-state index contributed by atoms with van der Waals surface area (Å²) >= 11 is 0. The van der Waals surface area contributed by atoms with E-state index in [1.165, 1.54) is 32.4 Å². The Morgan fingerprint density at radius 1 is 1.17 bits per heavy atom. The molecule has 0 radical (unpaired) electrons. The quantitative estimate of drug-likeness (QED) is 0.720. The average Bonchev–Trinajstić information content (AvgIpc) is 2.47. The molecule has 0 aromatic rings. The number of hydrogen-bond acceptors (Lipinski definition) is 5. The Morgan fingerprint density at radius 3 is 2.50 bits per heavy atom. The maximum Gasteiger partial charge on any atom is 0.119 e. The van der Waals surface area contributed by atoms with Gasteiger partial charge in [-0.05, 0) is 38.1 Å². The van der Waals surface area contributed by atoms with Crippen molar-refractivity contribution in [1.29, 1.82) is 0 Å². The lowest BCUT2D eigenvalue weighted by Crippen LogP contribution is -2.32. The number of allylic oxidation sites excluding steroid dienone is 2. The van der Waals surface area contributed by atoms with E-state index in [-0.39, 0.29) is 6.61 Å². The predicted molar refractivity (Wildman–Crippen MR) is 70.7 cm³/mol. The molecule has 2 heterocycles. The first-order chi connectivity index (χ1) is 8.93. The highest BCUT2D eigenvalue weighted by Crippen LogP contribution is 2.07. The lowest BCUT2D eigenvalue weighted by atomic mass is 10.1. The maximum absolute atomic E-state index is 8.46. The second-order valence-electron chi connectivity index (χ2n) is 4.16. The van der Waals surface area contributed by atoms with Gasteiger partial charge in [0.15, 0.2) is 0 Å². The molecule has 5 nitrogen and oxygen atoms in total. The van der Waals surface area contributed by atoms with Crippen LogP contribution in [0.15, 0.2) is 24.6 Å². The van der Waals surface area contributed by atoms with Crippen LogP contribution in [-0.4, -0.2) is 49.5 Å². The number of hydrogen-bond donors (Lipinski definition) is 2. The molecule has 1 saturated heterocycles.